The molecule has 1 saturated carbocycles. The summed E-state index contributed by atoms with van der Waals surface area (Å²) in [6.07, 6.45) is 8.72. The molecule has 2 fully saturated rings. The molecule has 2 nitrogen and oxygen atoms in total. The highest BCUT2D eigenvalue weighted by Crippen LogP contribution is 2.33. The molecule has 1 aliphatic heterocycles. The van der Waals surface area contributed by atoms with E-state index < -0.39 is 0 Å². The molecule has 0 bridgehead atoms. The van der Waals surface area contributed by atoms with E-state index in [4.69, 9.17) is 0 Å². The van der Waals surface area contributed by atoms with Gasteiger partial charge in [0.2, 0.25) is 0 Å². The Bertz CT molecular complexity index is 250. The molecule has 0 spiro atoms. The van der Waals surface area contributed by atoms with Crippen LogP contribution in [-0.2, 0) is 0 Å². The van der Waals surface area contributed by atoms with Gasteiger partial charge in [-0.25, -0.2) is 0 Å². The lowest BCUT2D eigenvalue weighted by Gasteiger charge is -2.27. The van der Waals surface area contributed by atoms with E-state index in [9.17, 15) is 0 Å². The molecule has 2 heteroatoms. The first-order valence-electron chi connectivity index (χ1n) is 8.49. The fraction of sp³-hybridized carbons (Fsp3) is 1.00. The van der Waals surface area contributed by atoms with Crippen molar-refractivity contribution in [3.8, 4) is 0 Å². The zero-order valence-electron chi connectivity index (χ0n) is 13.4. The molecule has 0 aromatic heterocycles. The van der Waals surface area contributed by atoms with Crippen molar-refractivity contribution < 1.29 is 0 Å². The van der Waals surface area contributed by atoms with Crippen molar-refractivity contribution in [2.75, 3.05) is 32.7 Å². The highest BCUT2D eigenvalue weighted by Gasteiger charge is 2.31. The van der Waals surface area contributed by atoms with Crippen LogP contribution in [0.15, 0.2) is 0 Å². The Hall–Kier alpha value is -0.0800. The van der Waals surface area contributed by atoms with Crippen molar-refractivity contribution in [2.45, 2.75) is 59.3 Å². The van der Waals surface area contributed by atoms with E-state index in [1.54, 1.807) is 0 Å². The highest BCUT2D eigenvalue weighted by molar-refractivity contribution is 4.84. The number of nitrogens with one attached hydrogen (secondary N) is 1. The van der Waals surface area contributed by atoms with E-state index in [1.807, 2.05) is 0 Å². The lowest BCUT2D eigenvalue weighted by molar-refractivity contribution is 0.228. The van der Waals surface area contributed by atoms with Gasteiger partial charge in [0.1, 0.15) is 0 Å². The topological polar surface area (TPSA) is 15.3 Å². The largest absolute Gasteiger partial charge is 0.315 e. The standard InChI is InChI=1S/C17H34N2/c1-17(2,3)16-9-11-19(14-16)12-10-18-13-15-7-5-4-6-8-15/h15-16,18H,4-14H2,1-3H3. The summed E-state index contributed by atoms with van der Waals surface area (Å²) in [6, 6.07) is 0. The monoisotopic (exact) mass is 266 g/mol. The van der Waals surface area contributed by atoms with Crippen molar-refractivity contribution >= 4 is 0 Å². The van der Waals surface area contributed by atoms with Gasteiger partial charge in [-0.3, -0.25) is 0 Å². The first kappa shape index (κ1) is 15.3. The van der Waals surface area contributed by atoms with Crippen LogP contribution in [0.4, 0.5) is 0 Å². The van der Waals surface area contributed by atoms with Gasteiger partial charge >= 0.3 is 0 Å². The van der Waals surface area contributed by atoms with E-state index in [0.29, 0.717) is 5.41 Å². The number of rotatable bonds is 5. The maximum Gasteiger partial charge on any atom is 0.0107 e. The second-order valence-electron chi connectivity index (χ2n) is 7.86. The number of hydrogen-bond donors (Lipinski definition) is 1. The lowest BCUT2D eigenvalue weighted by Crippen LogP contribution is -2.34. The zero-order chi connectivity index (χ0) is 13.7. The summed E-state index contributed by atoms with van der Waals surface area (Å²) in [6.45, 7) is 13.5. The predicted molar refractivity (Wildman–Crippen MR) is 83.4 cm³/mol. The fourth-order valence-electron chi connectivity index (χ4n) is 3.68. The summed E-state index contributed by atoms with van der Waals surface area (Å²) in [7, 11) is 0. The van der Waals surface area contributed by atoms with E-state index in [-0.39, 0.29) is 0 Å². The number of likely N-dealkylation sites (tertiary alicyclic amines) is 1. The summed E-state index contributed by atoms with van der Waals surface area (Å²) < 4.78 is 0. The van der Waals surface area contributed by atoms with Crippen LogP contribution in [-0.4, -0.2) is 37.6 Å². The molecule has 1 unspecified atom stereocenters. The van der Waals surface area contributed by atoms with Crippen molar-refractivity contribution in [3.63, 3.8) is 0 Å². The van der Waals surface area contributed by atoms with Crippen molar-refractivity contribution in [2.24, 2.45) is 17.3 Å². The Morgan fingerprint density at radius 1 is 1.05 bits per heavy atom. The predicted octanol–water partition coefficient (Wildman–Crippen LogP) is 3.52. The molecule has 1 aliphatic carbocycles. The molecule has 2 rings (SSSR count). The van der Waals surface area contributed by atoms with Gasteiger partial charge in [-0.15, -0.1) is 0 Å². The Morgan fingerprint density at radius 2 is 1.79 bits per heavy atom. The summed E-state index contributed by atoms with van der Waals surface area (Å²) >= 11 is 0. The summed E-state index contributed by atoms with van der Waals surface area (Å²) in [5.41, 5.74) is 0.490. The number of hydrogen-bond acceptors (Lipinski definition) is 2. The molecule has 1 atom stereocenters. The molecular formula is C17H34N2. The minimum absolute atomic E-state index is 0.490. The second-order valence-corrected chi connectivity index (χ2v) is 7.86. The van der Waals surface area contributed by atoms with Gasteiger partial charge in [0.25, 0.3) is 0 Å². The van der Waals surface area contributed by atoms with Crippen molar-refractivity contribution in [1.82, 2.24) is 10.2 Å². The van der Waals surface area contributed by atoms with Gasteiger partial charge in [-0.1, -0.05) is 40.0 Å². The Kier molecular flexibility index (Phi) is 5.70. The first-order chi connectivity index (χ1) is 9.05. The average Bonchev–Trinajstić information content (AvgIpc) is 2.85. The van der Waals surface area contributed by atoms with Crippen LogP contribution in [0.2, 0.25) is 0 Å². The molecule has 112 valence electrons. The molecular weight excluding hydrogens is 232 g/mol. The number of nitrogens with zero attached hydrogens (tertiary/aromatic N) is 1. The Labute approximate surface area is 120 Å². The minimum atomic E-state index is 0.490. The van der Waals surface area contributed by atoms with E-state index in [0.717, 1.165) is 11.8 Å². The van der Waals surface area contributed by atoms with Gasteiger partial charge in [-0.2, -0.15) is 0 Å². The smallest absolute Gasteiger partial charge is 0.0107 e. The van der Waals surface area contributed by atoms with E-state index >= 15 is 0 Å². The molecule has 0 aromatic carbocycles. The van der Waals surface area contributed by atoms with Gasteiger partial charge in [0.15, 0.2) is 0 Å². The summed E-state index contributed by atoms with van der Waals surface area (Å²) in [4.78, 5) is 2.66. The van der Waals surface area contributed by atoms with Crippen LogP contribution < -0.4 is 5.32 Å². The normalized spacial score (nSPS) is 27.0. The average molecular weight is 266 g/mol. The summed E-state index contributed by atoms with van der Waals surface area (Å²) in [5, 5.41) is 3.69. The maximum absolute atomic E-state index is 3.69. The maximum atomic E-state index is 3.69. The molecule has 0 aromatic rings. The quantitative estimate of drug-likeness (QED) is 0.766. The molecule has 1 heterocycles. The van der Waals surface area contributed by atoms with Crippen LogP contribution in [0.3, 0.4) is 0 Å². The molecule has 19 heavy (non-hydrogen) atoms. The minimum Gasteiger partial charge on any atom is -0.315 e. The van der Waals surface area contributed by atoms with Crippen LogP contribution in [0.25, 0.3) is 0 Å². The van der Waals surface area contributed by atoms with E-state index in [1.165, 1.54) is 71.2 Å². The third-order valence-electron chi connectivity index (χ3n) is 5.26. The van der Waals surface area contributed by atoms with Gasteiger partial charge in [0, 0.05) is 19.6 Å². The van der Waals surface area contributed by atoms with Gasteiger partial charge < -0.3 is 10.2 Å². The van der Waals surface area contributed by atoms with Crippen LogP contribution in [0.1, 0.15) is 59.3 Å². The van der Waals surface area contributed by atoms with Crippen molar-refractivity contribution in [3.05, 3.63) is 0 Å². The molecule has 2 aliphatic rings. The fourth-order valence-corrected chi connectivity index (χ4v) is 3.68. The molecule has 1 N–H and O–H groups in total. The summed E-state index contributed by atoms with van der Waals surface area (Å²) in [5.74, 6) is 1.86. The third-order valence-corrected chi connectivity index (χ3v) is 5.26. The Balaban J connectivity index is 1.54. The van der Waals surface area contributed by atoms with Crippen LogP contribution in [0.5, 0.6) is 0 Å². The zero-order valence-corrected chi connectivity index (χ0v) is 13.4. The first-order valence-corrected chi connectivity index (χ1v) is 8.49. The molecule has 0 amide bonds. The van der Waals surface area contributed by atoms with Gasteiger partial charge in [-0.05, 0) is 49.6 Å². The highest BCUT2D eigenvalue weighted by atomic mass is 15.2. The van der Waals surface area contributed by atoms with Crippen molar-refractivity contribution in [1.29, 1.82) is 0 Å². The van der Waals surface area contributed by atoms with Crippen LogP contribution in [0, 0.1) is 17.3 Å². The third kappa shape index (κ3) is 5.07. The Morgan fingerprint density at radius 3 is 2.42 bits per heavy atom. The molecule has 0 radical (unpaired) electrons. The van der Waals surface area contributed by atoms with Crippen LogP contribution >= 0.6 is 0 Å². The van der Waals surface area contributed by atoms with E-state index in [2.05, 4.69) is 31.0 Å². The molecule has 1 saturated heterocycles. The second kappa shape index (κ2) is 7.08. The lowest BCUT2D eigenvalue weighted by atomic mass is 9.80. The SMILES string of the molecule is CC(C)(C)C1CCN(CCNCC2CCCCC2)C1. The van der Waals surface area contributed by atoms with Gasteiger partial charge in [0.05, 0.1) is 0 Å².